The lowest BCUT2D eigenvalue weighted by Crippen LogP contribution is -2.36. The number of ether oxygens (including phenoxy) is 4. The Hall–Kier alpha value is -2.46. The Morgan fingerprint density at radius 2 is 1.73 bits per heavy atom. The van der Waals surface area contributed by atoms with Gasteiger partial charge in [0.15, 0.2) is 11.9 Å². The van der Waals surface area contributed by atoms with Gasteiger partial charge in [0.2, 0.25) is 0 Å². The normalized spacial score (nSPS) is 15.7. The van der Waals surface area contributed by atoms with E-state index in [4.69, 9.17) is 23.9 Å². The van der Waals surface area contributed by atoms with Gasteiger partial charge in [0, 0.05) is 36.8 Å². The molecule has 33 heavy (non-hydrogen) atoms. The first-order valence-electron chi connectivity index (χ1n) is 10.4. The highest BCUT2D eigenvalue weighted by Gasteiger charge is 2.38. The van der Waals surface area contributed by atoms with E-state index in [1.807, 2.05) is 41.8 Å². The zero-order chi connectivity index (χ0) is 23.4. The first-order valence-corrected chi connectivity index (χ1v) is 12.1. The van der Waals surface area contributed by atoms with Gasteiger partial charge in [-0.3, -0.25) is 4.79 Å². The average molecular weight is 533 g/mol. The maximum absolute atomic E-state index is 12.4. The summed E-state index contributed by atoms with van der Waals surface area (Å²) < 4.78 is 22.9. The largest absolute Gasteiger partial charge is 0.495 e. The molecule has 2 aromatic carbocycles. The number of morpholine rings is 1. The number of thiazole rings is 1. The summed E-state index contributed by atoms with van der Waals surface area (Å²) in [7, 11) is 4.72. The number of halogens is 1. The summed E-state index contributed by atoms with van der Waals surface area (Å²) in [6, 6.07) is 11.6. The van der Waals surface area contributed by atoms with Crippen LogP contribution in [0.3, 0.4) is 0 Å². The number of anilines is 1. The lowest BCUT2D eigenvalue weighted by atomic mass is 9.95. The molecule has 0 bridgehead atoms. The molecule has 7 nitrogen and oxygen atoms in total. The highest BCUT2D eigenvalue weighted by molar-refractivity contribution is 9.10. The molecule has 0 aliphatic carbocycles. The minimum atomic E-state index is -1.30. The summed E-state index contributed by atoms with van der Waals surface area (Å²) in [4.78, 5) is 19.4. The Bertz CT molecular complexity index is 1090. The van der Waals surface area contributed by atoms with Crippen LogP contribution in [0, 0.1) is 0 Å². The molecule has 174 valence electrons. The monoisotopic (exact) mass is 532 g/mol. The predicted octanol–water partition coefficient (Wildman–Crippen LogP) is 4.52. The van der Waals surface area contributed by atoms with E-state index in [1.165, 1.54) is 18.4 Å². The number of carbonyl (C=O) groups is 1. The van der Waals surface area contributed by atoms with Crippen molar-refractivity contribution in [3.05, 3.63) is 56.8 Å². The average Bonchev–Trinajstić information content (AvgIpc) is 3.37. The highest BCUT2D eigenvalue weighted by Crippen LogP contribution is 2.41. The van der Waals surface area contributed by atoms with Crippen molar-refractivity contribution in [2.24, 2.45) is 0 Å². The SMILES string of the molecule is COc1cc(-c2csc(C(C=O)(OC)c3ccc(N4CCOCC4)cc3)n2)cc(OC)c1Br. The predicted molar refractivity (Wildman–Crippen MR) is 132 cm³/mol. The number of methoxy groups -OCH3 is 3. The summed E-state index contributed by atoms with van der Waals surface area (Å²) in [6.45, 7) is 3.12. The third-order valence-electron chi connectivity index (χ3n) is 5.72. The van der Waals surface area contributed by atoms with Crippen molar-refractivity contribution in [1.29, 1.82) is 0 Å². The second kappa shape index (κ2) is 10.2. The van der Waals surface area contributed by atoms with E-state index < -0.39 is 5.60 Å². The molecule has 1 unspecified atom stereocenters. The van der Waals surface area contributed by atoms with Crippen LogP contribution < -0.4 is 14.4 Å². The van der Waals surface area contributed by atoms with E-state index >= 15 is 0 Å². The Balaban J connectivity index is 1.69. The minimum Gasteiger partial charge on any atom is -0.495 e. The van der Waals surface area contributed by atoms with Crippen molar-refractivity contribution in [3.8, 4) is 22.8 Å². The Morgan fingerprint density at radius 3 is 2.27 bits per heavy atom. The molecule has 1 atom stereocenters. The van der Waals surface area contributed by atoms with Crippen molar-refractivity contribution in [2.75, 3.05) is 52.5 Å². The number of aldehydes is 1. The molecule has 0 spiro atoms. The second-order valence-corrected chi connectivity index (χ2v) is 9.09. The zero-order valence-corrected chi connectivity index (χ0v) is 21.1. The van der Waals surface area contributed by atoms with Crippen LogP contribution in [0.15, 0.2) is 46.3 Å². The lowest BCUT2D eigenvalue weighted by Gasteiger charge is -2.30. The smallest absolute Gasteiger partial charge is 0.199 e. The van der Waals surface area contributed by atoms with Crippen LogP contribution in [-0.4, -0.2) is 58.9 Å². The van der Waals surface area contributed by atoms with Crippen molar-refractivity contribution >= 4 is 39.2 Å². The molecule has 1 fully saturated rings. The van der Waals surface area contributed by atoms with Gasteiger partial charge in [0.1, 0.15) is 21.0 Å². The van der Waals surface area contributed by atoms with Crippen molar-refractivity contribution in [3.63, 3.8) is 0 Å². The second-order valence-electron chi connectivity index (χ2n) is 7.44. The molecular weight excluding hydrogens is 508 g/mol. The van der Waals surface area contributed by atoms with Gasteiger partial charge >= 0.3 is 0 Å². The van der Waals surface area contributed by atoms with Crippen molar-refractivity contribution < 1.29 is 23.7 Å². The maximum Gasteiger partial charge on any atom is 0.199 e. The third-order valence-corrected chi connectivity index (χ3v) is 7.46. The fourth-order valence-electron chi connectivity index (χ4n) is 3.83. The minimum absolute atomic E-state index is 0.551. The molecule has 3 aromatic rings. The standard InChI is InChI=1S/C24H25BrN2O5S/c1-29-20-12-16(13-21(30-2)22(20)25)19-14-33-23(26-19)24(15-28,31-3)17-4-6-18(7-5-17)27-8-10-32-11-9-27/h4-7,12-15H,8-11H2,1-3H3. The first-order chi connectivity index (χ1) is 16.1. The van der Waals surface area contributed by atoms with E-state index in [0.717, 1.165) is 40.7 Å². The van der Waals surface area contributed by atoms with Crippen LogP contribution in [0.5, 0.6) is 11.5 Å². The van der Waals surface area contributed by atoms with Gasteiger partial charge in [-0.15, -0.1) is 11.3 Å². The van der Waals surface area contributed by atoms with E-state index in [2.05, 4.69) is 20.8 Å². The molecule has 2 heterocycles. The molecule has 1 aliphatic heterocycles. The molecule has 0 amide bonds. The quantitative estimate of drug-likeness (QED) is 0.395. The van der Waals surface area contributed by atoms with Crippen LogP contribution in [0.1, 0.15) is 10.6 Å². The first kappa shape index (κ1) is 23.7. The van der Waals surface area contributed by atoms with Crippen molar-refractivity contribution in [1.82, 2.24) is 4.98 Å². The topological polar surface area (TPSA) is 70.1 Å². The number of benzene rings is 2. The van der Waals surface area contributed by atoms with E-state index in [1.54, 1.807) is 14.2 Å². The Morgan fingerprint density at radius 1 is 1.09 bits per heavy atom. The number of nitrogens with zero attached hydrogens (tertiary/aromatic N) is 2. The third kappa shape index (κ3) is 4.50. The van der Waals surface area contributed by atoms with Gasteiger partial charge in [0.25, 0.3) is 0 Å². The maximum atomic E-state index is 12.4. The van der Waals surface area contributed by atoms with Crippen LogP contribution >= 0.6 is 27.3 Å². The zero-order valence-electron chi connectivity index (χ0n) is 18.7. The fourth-order valence-corrected chi connectivity index (χ4v) is 5.37. The van der Waals surface area contributed by atoms with Crippen molar-refractivity contribution in [2.45, 2.75) is 5.60 Å². The van der Waals surface area contributed by atoms with E-state index in [0.29, 0.717) is 35.4 Å². The number of carbonyl (C=O) groups excluding carboxylic acids is 1. The van der Waals surface area contributed by atoms with Gasteiger partial charge in [0.05, 0.1) is 33.1 Å². The number of aromatic nitrogens is 1. The summed E-state index contributed by atoms with van der Waals surface area (Å²) in [6.07, 6.45) is 0.808. The van der Waals surface area contributed by atoms with Gasteiger partial charge in [-0.2, -0.15) is 0 Å². The number of hydrogen-bond acceptors (Lipinski definition) is 8. The van der Waals surface area contributed by atoms with Gasteiger partial charge < -0.3 is 23.8 Å². The van der Waals surface area contributed by atoms with Crippen LogP contribution in [-0.2, 0) is 19.9 Å². The number of rotatable bonds is 8. The van der Waals surface area contributed by atoms with Crippen LogP contribution in [0.25, 0.3) is 11.3 Å². The molecule has 0 N–H and O–H groups in total. The summed E-state index contributed by atoms with van der Waals surface area (Å²) >= 11 is 4.86. The summed E-state index contributed by atoms with van der Waals surface area (Å²) in [5.74, 6) is 1.26. The van der Waals surface area contributed by atoms with Gasteiger partial charge in [-0.05, 0) is 45.8 Å². The van der Waals surface area contributed by atoms with Gasteiger partial charge in [-0.1, -0.05) is 12.1 Å². The van der Waals surface area contributed by atoms with E-state index in [-0.39, 0.29) is 0 Å². The molecule has 4 rings (SSSR count). The number of hydrogen-bond donors (Lipinski definition) is 0. The molecule has 1 aromatic heterocycles. The summed E-state index contributed by atoms with van der Waals surface area (Å²) in [5, 5.41) is 2.45. The van der Waals surface area contributed by atoms with E-state index in [9.17, 15) is 4.79 Å². The Kier molecular flexibility index (Phi) is 7.33. The molecule has 1 saturated heterocycles. The lowest BCUT2D eigenvalue weighted by molar-refractivity contribution is -0.124. The summed E-state index contributed by atoms with van der Waals surface area (Å²) in [5.41, 5.74) is 2.03. The Labute approximate surface area is 205 Å². The molecule has 1 aliphatic rings. The molecule has 0 radical (unpaired) electrons. The van der Waals surface area contributed by atoms with Gasteiger partial charge in [-0.25, -0.2) is 4.98 Å². The molecule has 9 heteroatoms. The van der Waals surface area contributed by atoms with Crippen LogP contribution in [0.2, 0.25) is 0 Å². The highest BCUT2D eigenvalue weighted by atomic mass is 79.9. The molecular formula is C24H25BrN2O5S. The van der Waals surface area contributed by atoms with Crippen LogP contribution in [0.4, 0.5) is 5.69 Å². The molecule has 0 saturated carbocycles. The fraction of sp³-hybridized carbons (Fsp3) is 0.333.